The van der Waals surface area contributed by atoms with E-state index in [1.54, 1.807) is 0 Å². The molecule has 0 aromatic carbocycles. The first-order chi connectivity index (χ1) is 5.49. The van der Waals surface area contributed by atoms with Gasteiger partial charge in [0, 0.05) is 0 Å². The molecule has 3 unspecified atom stereocenters. The highest BCUT2D eigenvalue weighted by atomic mass is 16.3. The van der Waals surface area contributed by atoms with Crippen molar-refractivity contribution in [2.45, 2.75) is 53.6 Å². The largest absolute Gasteiger partial charge is 0.393 e. The Kier molecular flexibility index (Phi) is 5.56. The molecule has 0 spiro atoms. The highest BCUT2D eigenvalue weighted by molar-refractivity contribution is 4.70. The molecule has 0 bridgehead atoms. The Balaban J connectivity index is 3.83. The molecule has 0 aliphatic rings. The molecule has 0 radical (unpaired) electrons. The van der Waals surface area contributed by atoms with Crippen LogP contribution in [0.1, 0.15) is 47.5 Å². The minimum atomic E-state index is -0.112. The molecule has 0 amide bonds. The van der Waals surface area contributed by atoms with E-state index in [-0.39, 0.29) is 6.10 Å². The summed E-state index contributed by atoms with van der Waals surface area (Å²) in [4.78, 5) is 0. The number of aliphatic hydroxyl groups is 1. The van der Waals surface area contributed by atoms with Gasteiger partial charge in [0.05, 0.1) is 6.10 Å². The first kappa shape index (κ1) is 12.0. The van der Waals surface area contributed by atoms with Crippen molar-refractivity contribution >= 4 is 0 Å². The van der Waals surface area contributed by atoms with Crippen molar-refractivity contribution in [2.75, 3.05) is 0 Å². The lowest BCUT2D eigenvalue weighted by Crippen LogP contribution is -2.23. The molecule has 1 N–H and O–H groups in total. The van der Waals surface area contributed by atoms with Gasteiger partial charge in [0.25, 0.3) is 0 Å². The molecule has 0 aromatic rings. The Morgan fingerprint density at radius 2 is 1.58 bits per heavy atom. The van der Waals surface area contributed by atoms with E-state index in [0.717, 1.165) is 12.3 Å². The molecule has 1 nitrogen and oxygen atoms in total. The van der Waals surface area contributed by atoms with Crippen LogP contribution >= 0.6 is 0 Å². The Morgan fingerprint density at radius 1 is 1.08 bits per heavy atom. The normalized spacial score (nSPS) is 19.2. The average molecular weight is 172 g/mol. The van der Waals surface area contributed by atoms with Gasteiger partial charge in [0.1, 0.15) is 0 Å². The SMILES string of the molecule is CCC(O)C(C)C(C)CC(C)C. The third-order valence-electron chi connectivity index (χ3n) is 2.77. The summed E-state index contributed by atoms with van der Waals surface area (Å²) in [5.41, 5.74) is 0. The molecule has 0 saturated heterocycles. The summed E-state index contributed by atoms with van der Waals surface area (Å²) < 4.78 is 0. The second-order valence-electron chi connectivity index (χ2n) is 4.44. The lowest BCUT2D eigenvalue weighted by molar-refractivity contribution is 0.0776. The fraction of sp³-hybridized carbons (Fsp3) is 1.00. The summed E-state index contributed by atoms with van der Waals surface area (Å²) in [6.07, 6.45) is 1.99. The molecule has 74 valence electrons. The fourth-order valence-electron chi connectivity index (χ4n) is 1.71. The smallest absolute Gasteiger partial charge is 0.0565 e. The summed E-state index contributed by atoms with van der Waals surface area (Å²) >= 11 is 0. The van der Waals surface area contributed by atoms with E-state index in [9.17, 15) is 5.11 Å². The van der Waals surface area contributed by atoms with Crippen molar-refractivity contribution in [3.63, 3.8) is 0 Å². The molecule has 0 heterocycles. The van der Waals surface area contributed by atoms with Crippen molar-refractivity contribution in [2.24, 2.45) is 17.8 Å². The Morgan fingerprint density at radius 3 is 1.92 bits per heavy atom. The Hall–Kier alpha value is -0.0400. The maximum Gasteiger partial charge on any atom is 0.0565 e. The van der Waals surface area contributed by atoms with Gasteiger partial charge in [-0.05, 0) is 30.6 Å². The molecule has 0 aliphatic carbocycles. The van der Waals surface area contributed by atoms with E-state index >= 15 is 0 Å². The molecular formula is C11H24O. The van der Waals surface area contributed by atoms with Crippen LogP contribution in [0.4, 0.5) is 0 Å². The second-order valence-corrected chi connectivity index (χ2v) is 4.44. The predicted octanol–water partition coefficient (Wildman–Crippen LogP) is 3.08. The summed E-state index contributed by atoms with van der Waals surface area (Å²) in [6, 6.07) is 0. The molecule has 0 aromatic heterocycles. The van der Waals surface area contributed by atoms with Crippen LogP contribution in [0.15, 0.2) is 0 Å². The van der Waals surface area contributed by atoms with E-state index in [0.29, 0.717) is 11.8 Å². The van der Waals surface area contributed by atoms with E-state index in [1.807, 2.05) is 6.92 Å². The van der Waals surface area contributed by atoms with Crippen LogP contribution in [0, 0.1) is 17.8 Å². The van der Waals surface area contributed by atoms with Gasteiger partial charge in [-0.2, -0.15) is 0 Å². The molecule has 0 rings (SSSR count). The average Bonchev–Trinajstić information content (AvgIpc) is 2.00. The van der Waals surface area contributed by atoms with Crippen molar-refractivity contribution in [1.29, 1.82) is 0 Å². The van der Waals surface area contributed by atoms with Crippen LogP contribution in [0.5, 0.6) is 0 Å². The molecule has 1 heteroatoms. The van der Waals surface area contributed by atoms with Crippen LogP contribution in [0.3, 0.4) is 0 Å². The van der Waals surface area contributed by atoms with Crippen LogP contribution < -0.4 is 0 Å². The zero-order valence-electron chi connectivity index (χ0n) is 9.17. The van der Waals surface area contributed by atoms with E-state index < -0.39 is 0 Å². The number of rotatable bonds is 5. The van der Waals surface area contributed by atoms with Gasteiger partial charge in [-0.3, -0.25) is 0 Å². The van der Waals surface area contributed by atoms with Gasteiger partial charge in [0.15, 0.2) is 0 Å². The van der Waals surface area contributed by atoms with Crippen LogP contribution in [0.25, 0.3) is 0 Å². The van der Waals surface area contributed by atoms with Gasteiger partial charge in [-0.25, -0.2) is 0 Å². The number of hydrogen-bond donors (Lipinski definition) is 1. The highest BCUT2D eigenvalue weighted by Crippen LogP contribution is 2.23. The molecule has 0 aliphatic heterocycles. The van der Waals surface area contributed by atoms with Gasteiger partial charge >= 0.3 is 0 Å². The van der Waals surface area contributed by atoms with Crippen LogP contribution in [-0.4, -0.2) is 11.2 Å². The molecule has 0 saturated carbocycles. The predicted molar refractivity (Wildman–Crippen MR) is 54.1 cm³/mol. The molecule has 12 heavy (non-hydrogen) atoms. The van der Waals surface area contributed by atoms with E-state index in [2.05, 4.69) is 27.7 Å². The van der Waals surface area contributed by atoms with Gasteiger partial charge in [-0.1, -0.05) is 34.6 Å². The third kappa shape index (κ3) is 4.10. The summed E-state index contributed by atoms with van der Waals surface area (Å²) in [6.45, 7) is 10.9. The summed E-state index contributed by atoms with van der Waals surface area (Å²) in [5, 5.41) is 9.61. The fourth-order valence-corrected chi connectivity index (χ4v) is 1.71. The van der Waals surface area contributed by atoms with E-state index in [1.165, 1.54) is 6.42 Å². The minimum Gasteiger partial charge on any atom is -0.393 e. The third-order valence-corrected chi connectivity index (χ3v) is 2.77. The Bertz CT molecular complexity index is 110. The maximum atomic E-state index is 9.61. The van der Waals surface area contributed by atoms with Crippen molar-refractivity contribution in [1.82, 2.24) is 0 Å². The monoisotopic (exact) mass is 172 g/mol. The quantitative estimate of drug-likeness (QED) is 0.675. The first-order valence-corrected chi connectivity index (χ1v) is 5.17. The summed E-state index contributed by atoms with van der Waals surface area (Å²) in [7, 11) is 0. The maximum absolute atomic E-state index is 9.61. The second kappa shape index (κ2) is 5.58. The standard InChI is InChI=1S/C11H24O/c1-6-11(12)10(5)9(4)7-8(2)3/h8-12H,6-7H2,1-5H3. The zero-order valence-corrected chi connectivity index (χ0v) is 9.17. The molecule has 3 atom stereocenters. The van der Waals surface area contributed by atoms with Gasteiger partial charge in [0.2, 0.25) is 0 Å². The topological polar surface area (TPSA) is 20.2 Å². The van der Waals surface area contributed by atoms with Gasteiger partial charge < -0.3 is 5.11 Å². The minimum absolute atomic E-state index is 0.112. The molecular weight excluding hydrogens is 148 g/mol. The van der Waals surface area contributed by atoms with Crippen molar-refractivity contribution in [3.05, 3.63) is 0 Å². The van der Waals surface area contributed by atoms with E-state index in [4.69, 9.17) is 0 Å². The van der Waals surface area contributed by atoms with Crippen molar-refractivity contribution < 1.29 is 5.11 Å². The zero-order chi connectivity index (χ0) is 9.72. The van der Waals surface area contributed by atoms with Crippen molar-refractivity contribution in [3.8, 4) is 0 Å². The lowest BCUT2D eigenvalue weighted by Gasteiger charge is -2.25. The number of aliphatic hydroxyl groups excluding tert-OH is 1. The van der Waals surface area contributed by atoms with Gasteiger partial charge in [-0.15, -0.1) is 0 Å². The number of hydrogen-bond acceptors (Lipinski definition) is 1. The Labute approximate surface area is 77.2 Å². The highest BCUT2D eigenvalue weighted by Gasteiger charge is 2.19. The lowest BCUT2D eigenvalue weighted by atomic mass is 9.84. The first-order valence-electron chi connectivity index (χ1n) is 5.17. The summed E-state index contributed by atoms with van der Waals surface area (Å²) in [5.74, 6) is 1.82. The van der Waals surface area contributed by atoms with Crippen LogP contribution in [-0.2, 0) is 0 Å². The molecule has 0 fully saturated rings. The van der Waals surface area contributed by atoms with Crippen LogP contribution in [0.2, 0.25) is 0 Å².